The molecule has 0 bridgehead atoms. The zero-order valence-electron chi connectivity index (χ0n) is 9.71. The smallest absolute Gasteiger partial charge is 0.139 e. The van der Waals surface area contributed by atoms with E-state index in [2.05, 4.69) is 15.9 Å². The summed E-state index contributed by atoms with van der Waals surface area (Å²) >= 11 is 3.11. The highest BCUT2D eigenvalue weighted by atomic mass is 79.9. The molecule has 1 aliphatic rings. The first-order valence-electron chi connectivity index (χ1n) is 5.61. The van der Waals surface area contributed by atoms with Crippen LogP contribution in [0.5, 0.6) is 0 Å². The summed E-state index contributed by atoms with van der Waals surface area (Å²) in [5.74, 6) is -0.313. The summed E-state index contributed by atoms with van der Waals surface area (Å²) in [4.78, 5) is 2.02. The van der Waals surface area contributed by atoms with Gasteiger partial charge >= 0.3 is 0 Å². The van der Waals surface area contributed by atoms with Gasteiger partial charge in [0.2, 0.25) is 0 Å². The van der Waals surface area contributed by atoms with Gasteiger partial charge in [-0.3, -0.25) is 0 Å². The van der Waals surface area contributed by atoms with E-state index in [-0.39, 0.29) is 5.82 Å². The Morgan fingerprint density at radius 1 is 1.41 bits per heavy atom. The van der Waals surface area contributed by atoms with Crippen molar-refractivity contribution < 1.29 is 9.50 Å². The second kappa shape index (κ2) is 4.46. The lowest BCUT2D eigenvalue weighted by Gasteiger charge is -2.37. The molecule has 3 N–H and O–H groups in total. The van der Waals surface area contributed by atoms with Crippen molar-refractivity contribution in [3.05, 3.63) is 22.4 Å². The number of nitrogen functional groups attached to an aromatic ring is 1. The van der Waals surface area contributed by atoms with Gasteiger partial charge in [0, 0.05) is 19.2 Å². The third-order valence-corrected chi connectivity index (χ3v) is 3.86. The average molecular weight is 303 g/mol. The minimum absolute atomic E-state index is 0.313. The molecule has 1 heterocycles. The lowest BCUT2D eigenvalue weighted by atomic mass is 9.93. The molecule has 0 radical (unpaired) electrons. The van der Waals surface area contributed by atoms with Crippen molar-refractivity contribution >= 4 is 27.3 Å². The Hall–Kier alpha value is -0.810. The van der Waals surface area contributed by atoms with Crippen molar-refractivity contribution in [2.75, 3.05) is 23.7 Å². The maximum absolute atomic E-state index is 13.5. The fraction of sp³-hybridized carbons (Fsp3) is 0.500. The second-order valence-corrected chi connectivity index (χ2v) is 5.66. The monoisotopic (exact) mass is 302 g/mol. The lowest BCUT2D eigenvalue weighted by molar-refractivity contribution is 0.0351. The van der Waals surface area contributed by atoms with E-state index in [1.807, 2.05) is 11.8 Å². The molecule has 0 amide bonds. The molecule has 1 saturated heterocycles. The maximum atomic E-state index is 13.5. The summed E-state index contributed by atoms with van der Waals surface area (Å²) in [5, 5.41) is 9.87. The summed E-state index contributed by atoms with van der Waals surface area (Å²) < 4.78 is 13.9. The second-order valence-electron chi connectivity index (χ2n) is 4.81. The number of anilines is 2. The Kier molecular flexibility index (Phi) is 3.32. The first-order valence-corrected chi connectivity index (χ1v) is 6.40. The zero-order valence-corrected chi connectivity index (χ0v) is 11.3. The van der Waals surface area contributed by atoms with Gasteiger partial charge in [0.25, 0.3) is 0 Å². The molecule has 1 aromatic carbocycles. The molecule has 0 saturated carbocycles. The van der Waals surface area contributed by atoms with Crippen LogP contribution in [0.15, 0.2) is 16.6 Å². The predicted molar refractivity (Wildman–Crippen MR) is 70.6 cm³/mol. The molecule has 3 nitrogen and oxygen atoms in total. The molecule has 2 rings (SSSR count). The van der Waals surface area contributed by atoms with Gasteiger partial charge in [0.1, 0.15) is 5.82 Å². The van der Waals surface area contributed by atoms with E-state index in [1.165, 1.54) is 6.07 Å². The van der Waals surface area contributed by atoms with Crippen molar-refractivity contribution in [2.45, 2.75) is 25.4 Å². The van der Waals surface area contributed by atoms with E-state index < -0.39 is 5.60 Å². The SMILES string of the molecule is CC1(O)CCN(c2cc(F)c(Br)cc2N)CC1. The minimum atomic E-state index is -0.612. The van der Waals surface area contributed by atoms with Crippen LogP contribution in [0.3, 0.4) is 0 Å². The summed E-state index contributed by atoms with van der Waals surface area (Å²) in [5.41, 5.74) is 6.54. The predicted octanol–water partition coefficient (Wildman–Crippen LogP) is 2.52. The Balaban J connectivity index is 2.21. The Morgan fingerprint density at radius 3 is 2.59 bits per heavy atom. The van der Waals surface area contributed by atoms with Crippen LogP contribution in [0, 0.1) is 5.82 Å². The average Bonchev–Trinajstić information content (AvgIpc) is 2.24. The van der Waals surface area contributed by atoms with Crippen molar-refractivity contribution in [1.29, 1.82) is 0 Å². The van der Waals surface area contributed by atoms with Gasteiger partial charge in [0.15, 0.2) is 0 Å². The number of benzene rings is 1. The summed E-state index contributed by atoms with van der Waals surface area (Å²) in [6.07, 6.45) is 1.34. The van der Waals surface area contributed by atoms with Crippen LogP contribution in [0.1, 0.15) is 19.8 Å². The van der Waals surface area contributed by atoms with Gasteiger partial charge in [-0.2, -0.15) is 0 Å². The van der Waals surface area contributed by atoms with Crippen molar-refractivity contribution in [1.82, 2.24) is 0 Å². The van der Waals surface area contributed by atoms with Gasteiger partial charge in [-0.25, -0.2) is 4.39 Å². The molecule has 1 fully saturated rings. The molecule has 0 unspecified atom stereocenters. The molecule has 0 aliphatic carbocycles. The third-order valence-electron chi connectivity index (χ3n) is 3.25. The van der Waals surface area contributed by atoms with E-state index in [4.69, 9.17) is 5.73 Å². The Morgan fingerprint density at radius 2 is 2.00 bits per heavy atom. The minimum Gasteiger partial charge on any atom is -0.397 e. The van der Waals surface area contributed by atoms with E-state index >= 15 is 0 Å². The van der Waals surface area contributed by atoms with Gasteiger partial charge in [0.05, 0.1) is 21.4 Å². The van der Waals surface area contributed by atoms with E-state index in [0.717, 1.165) is 0 Å². The molecule has 94 valence electrons. The molecule has 0 aromatic heterocycles. The Labute approximate surface area is 109 Å². The van der Waals surface area contributed by atoms with E-state index in [1.54, 1.807) is 6.07 Å². The number of rotatable bonds is 1. The number of piperidine rings is 1. The van der Waals surface area contributed by atoms with Crippen molar-refractivity contribution in [2.24, 2.45) is 0 Å². The highest BCUT2D eigenvalue weighted by Gasteiger charge is 2.28. The zero-order chi connectivity index (χ0) is 12.6. The largest absolute Gasteiger partial charge is 0.397 e. The van der Waals surface area contributed by atoms with Crippen LogP contribution >= 0.6 is 15.9 Å². The fourth-order valence-electron chi connectivity index (χ4n) is 2.05. The van der Waals surface area contributed by atoms with Crippen molar-refractivity contribution in [3.63, 3.8) is 0 Å². The molecule has 0 atom stereocenters. The van der Waals surface area contributed by atoms with E-state index in [0.29, 0.717) is 41.8 Å². The van der Waals surface area contributed by atoms with Crippen LogP contribution in [0.4, 0.5) is 15.8 Å². The summed E-state index contributed by atoms with van der Waals surface area (Å²) in [6, 6.07) is 3.02. The molecule has 0 spiro atoms. The first-order chi connectivity index (χ1) is 7.89. The molecule has 1 aromatic rings. The molecular weight excluding hydrogens is 287 g/mol. The van der Waals surface area contributed by atoms with Crippen LogP contribution in [-0.2, 0) is 0 Å². The molecule has 5 heteroatoms. The number of hydrogen-bond donors (Lipinski definition) is 2. The lowest BCUT2D eigenvalue weighted by Crippen LogP contribution is -2.42. The quantitative estimate of drug-likeness (QED) is 0.784. The van der Waals surface area contributed by atoms with Gasteiger partial charge < -0.3 is 15.7 Å². The highest BCUT2D eigenvalue weighted by molar-refractivity contribution is 9.10. The van der Waals surface area contributed by atoms with Crippen LogP contribution < -0.4 is 10.6 Å². The number of nitrogens with two attached hydrogens (primary N) is 1. The normalized spacial score (nSPS) is 19.4. The van der Waals surface area contributed by atoms with Gasteiger partial charge in [-0.15, -0.1) is 0 Å². The molecule has 1 aliphatic heterocycles. The highest BCUT2D eigenvalue weighted by Crippen LogP contribution is 2.32. The summed E-state index contributed by atoms with van der Waals surface area (Å²) in [7, 11) is 0. The van der Waals surface area contributed by atoms with Gasteiger partial charge in [-0.05, 0) is 41.8 Å². The maximum Gasteiger partial charge on any atom is 0.139 e. The third kappa shape index (κ3) is 2.72. The molecular formula is C12H16BrFN2O. The van der Waals surface area contributed by atoms with Crippen LogP contribution in [0.2, 0.25) is 0 Å². The van der Waals surface area contributed by atoms with Crippen LogP contribution in [-0.4, -0.2) is 23.8 Å². The van der Waals surface area contributed by atoms with Crippen LogP contribution in [0.25, 0.3) is 0 Å². The number of hydrogen-bond acceptors (Lipinski definition) is 3. The van der Waals surface area contributed by atoms with Gasteiger partial charge in [-0.1, -0.05) is 0 Å². The number of nitrogens with zero attached hydrogens (tertiary/aromatic N) is 1. The van der Waals surface area contributed by atoms with E-state index in [9.17, 15) is 9.50 Å². The number of halogens is 2. The molecule has 17 heavy (non-hydrogen) atoms. The fourth-order valence-corrected chi connectivity index (χ4v) is 2.42. The summed E-state index contributed by atoms with van der Waals surface area (Å²) in [6.45, 7) is 3.21. The topological polar surface area (TPSA) is 49.5 Å². The Bertz CT molecular complexity index is 427. The van der Waals surface area contributed by atoms with Crippen molar-refractivity contribution in [3.8, 4) is 0 Å². The standard InChI is InChI=1S/C12H16BrFN2O/c1-12(17)2-4-16(5-3-12)11-7-9(14)8(13)6-10(11)15/h6-7,17H,2-5,15H2,1H3. The first kappa shape index (κ1) is 12.6. The number of aliphatic hydroxyl groups is 1.